The van der Waals surface area contributed by atoms with Gasteiger partial charge in [-0.1, -0.05) is 31.2 Å². The molecule has 0 aliphatic carbocycles. The van der Waals surface area contributed by atoms with Crippen LogP contribution in [-0.2, 0) is 24.4 Å². The van der Waals surface area contributed by atoms with Crippen LogP contribution in [0, 0.1) is 13.8 Å². The number of amides is 2. The molecule has 1 aliphatic rings. The molecule has 0 unspecified atom stereocenters. The number of ether oxygens (including phenoxy) is 1. The number of morpholine rings is 1. The summed E-state index contributed by atoms with van der Waals surface area (Å²) in [6.07, 6.45) is 12.4. The van der Waals surface area contributed by atoms with E-state index in [0.29, 0.717) is 60.9 Å². The molecule has 8 aromatic rings. The molecule has 2 amide bonds. The molecule has 0 radical (unpaired) electrons. The van der Waals surface area contributed by atoms with Gasteiger partial charge in [0.25, 0.3) is 11.8 Å². The summed E-state index contributed by atoms with van der Waals surface area (Å²) in [6, 6.07) is 30.8. The molecule has 18 nitrogen and oxygen atoms in total. The van der Waals surface area contributed by atoms with Gasteiger partial charge in [-0.3, -0.25) is 19.6 Å². The Labute approximate surface area is 434 Å². The van der Waals surface area contributed by atoms with Crippen molar-refractivity contribution < 1.29 is 31.2 Å². The number of halogens is 1. The number of aromatic nitrogens is 6. The highest BCUT2D eigenvalue weighted by Gasteiger charge is 2.23. The van der Waals surface area contributed by atoms with Crippen LogP contribution in [0.15, 0.2) is 156 Å². The Balaban J connectivity index is 0.000000215. The monoisotopic (exact) mass is 1050 g/mol. The normalized spacial score (nSPS) is 12.3. The zero-order valence-corrected chi connectivity index (χ0v) is 42.3. The predicted octanol–water partition coefficient (Wildman–Crippen LogP) is 9.62. The van der Waals surface area contributed by atoms with Crippen molar-refractivity contribution in [3.63, 3.8) is 0 Å². The highest BCUT2D eigenvalue weighted by atomic mass is 35.5. The Bertz CT molecular complexity index is 3550. The van der Waals surface area contributed by atoms with E-state index in [-0.39, 0.29) is 33.4 Å². The summed E-state index contributed by atoms with van der Waals surface area (Å²) in [5.74, 6) is -0.0906. The number of carbonyl (C=O) groups is 2. The lowest BCUT2D eigenvalue weighted by Crippen LogP contribution is -2.37. The topological polar surface area (TPSA) is 240 Å². The molecule has 4 N–H and O–H groups in total. The predicted molar refractivity (Wildman–Crippen MR) is 289 cm³/mol. The number of anilines is 7. The van der Waals surface area contributed by atoms with Crippen LogP contribution in [0.3, 0.4) is 0 Å². The van der Waals surface area contributed by atoms with Gasteiger partial charge in [0.1, 0.15) is 0 Å². The van der Waals surface area contributed by atoms with E-state index in [0.717, 1.165) is 51.8 Å². The van der Waals surface area contributed by atoms with E-state index in [1.807, 2.05) is 55.1 Å². The van der Waals surface area contributed by atoms with Crippen molar-refractivity contribution in [1.29, 1.82) is 0 Å². The molecule has 74 heavy (non-hydrogen) atoms. The number of aryl methyl sites for hydroxylation is 2. The first-order chi connectivity index (χ1) is 35.0. The molecule has 4 aromatic carbocycles. The zero-order valence-electron chi connectivity index (χ0n) is 39.9. The van der Waals surface area contributed by atoms with Gasteiger partial charge in [-0.2, -0.15) is 0 Å². The summed E-state index contributed by atoms with van der Waals surface area (Å²) < 4.78 is 54.4. The number of hydrogen-bond donors (Lipinski definition) is 4. The van der Waals surface area contributed by atoms with Gasteiger partial charge < -0.3 is 30.9 Å². The number of hydrogen-bond acceptors (Lipinski definition) is 16. The summed E-state index contributed by atoms with van der Waals surface area (Å²) >= 11 is 5.98. The van der Waals surface area contributed by atoms with E-state index < -0.39 is 31.5 Å². The second kappa shape index (κ2) is 23.6. The minimum Gasteiger partial charge on any atom is -0.378 e. The first-order valence-electron chi connectivity index (χ1n) is 22.5. The van der Waals surface area contributed by atoms with Crippen LogP contribution in [0.2, 0.25) is 5.02 Å². The molecule has 9 rings (SSSR count). The zero-order chi connectivity index (χ0) is 51.7. The van der Waals surface area contributed by atoms with Crippen molar-refractivity contribution in [3.8, 4) is 22.5 Å². The molecular weight excluding hydrogens is 1000 g/mol. The number of sulfone groups is 2. The highest BCUT2D eigenvalue weighted by Crippen LogP contribution is 2.30. The van der Waals surface area contributed by atoms with E-state index in [1.165, 1.54) is 24.3 Å². The molecule has 1 saturated heterocycles. The average molecular weight is 1050 g/mol. The summed E-state index contributed by atoms with van der Waals surface area (Å²) in [5, 5.41) is 12.1. The molecule has 5 heterocycles. The largest absolute Gasteiger partial charge is 0.378 e. The Morgan fingerprint density at radius 2 is 1.07 bits per heavy atom. The third-order valence-electron chi connectivity index (χ3n) is 11.3. The minimum absolute atomic E-state index is 0. The van der Waals surface area contributed by atoms with Gasteiger partial charge in [-0.05, 0) is 122 Å². The van der Waals surface area contributed by atoms with Gasteiger partial charge in [-0.15, -0.1) is 0 Å². The van der Waals surface area contributed by atoms with Crippen molar-refractivity contribution in [3.05, 3.63) is 174 Å². The third-order valence-corrected chi connectivity index (χ3v) is 14.0. The van der Waals surface area contributed by atoms with E-state index in [4.69, 9.17) is 16.3 Å². The fourth-order valence-corrected chi connectivity index (χ4v) is 9.67. The molecule has 0 spiro atoms. The minimum atomic E-state index is -3.57. The molecule has 1 fully saturated rings. The second-order valence-electron chi connectivity index (χ2n) is 16.7. The fourth-order valence-electron chi connectivity index (χ4n) is 7.45. The standard InChI is InChI=1S/C28H28N6O4S.C24H20ClN5O3S.CH4/c1-19-5-7-22(17-24(19)33-28-30-11-9-23(32-28)21-4-3-10-29-18-21)31-27(35)20-6-8-25(26(16-20)39(2,36)37)34-12-14-38-15-13-34;1-15-5-7-18(28-23(31)16-6-8-19(25)22(12-16)34(2,32)33)13-21(15)30-24-27-11-9-20(29-24)17-4-3-10-26-14-17;/h3-11,16-18H,12-15H2,1-2H3,(H,31,35)(H,30,32,33);3-14H,1-2H3,(H,28,31)(H,27,29,30);1H4. The number of nitrogens with one attached hydrogen (secondary N) is 4. The lowest BCUT2D eigenvalue weighted by molar-refractivity contribution is 0.101. The van der Waals surface area contributed by atoms with Crippen LogP contribution in [0.5, 0.6) is 0 Å². The van der Waals surface area contributed by atoms with Gasteiger partial charge in [0.15, 0.2) is 19.7 Å². The summed E-state index contributed by atoms with van der Waals surface area (Å²) in [7, 11) is -7.15. The van der Waals surface area contributed by atoms with Crippen LogP contribution in [0.25, 0.3) is 22.5 Å². The van der Waals surface area contributed by atoms with Crippen molar-refractivity contribution >= 4 is 83.4 Å². The maximum Gasteiger partial charge on any atom is 0.255 e. The van der Waals surface area contributed by atoms with Crippen LogP contribution in [-0.4, -0.2) is 97.4 Å². The Morgan fingerprint density at radius 3 is 1.53 bits per heavy atom. The number of carbonyl (C=O) groups excluding carboxylic acids is 2. The lowest BCUT2D eigenvalue weighted by Gasteiger charge is -2.30. The number of pyridine rings is 2. The van der Waals surface area contributed by atoms with Crippen molar-refractivity contribution in [2.45, 2.75) is 31.1 Å². The van der Waals surface area contributed by atoms with E-state index >= 15 is 0 Å². The van der Waals surface area contributed by atoms with Gasteiger partial charge in [-0.25, -0.2) is 36.8 Å². The number of benzene rings is 4. The smallest absolute Gasteiger partial charge is 0.255 e. The second-order valence-corrected chi connectivity index (χ2v) is 21.1. The van der Waals surface area contributed by atoms with Crippen LogP contribution in [0.4, 0.5) is 40.3 Å². The van der Waals surface area contributed by atoms with Gasteiger partial charge >= 0.3 is 0 Å². The maximum absolute atomic E-state index is 13.1. The summed E-state index contributed by atoms with van der Waals surface area (Å²) in [4.78, 5) is 53.9. The first-order valence-corrected chi connectivity index (χ1v) is 26.7. The quantitative estimate of drug-likeness (QED) is 0.0840. The van der Waals surface area contributed by atoms with E-state index in [9.17, 15) is 26.4 Å². The summed E-state index contributed by atoms with van der Waals surface area (Å²) in [6.45, 7) is 6.06. The molecule has 21 heteroatoms. The first kappa shape index (κ1) is 53.6. The Kier molecular flexibility index (Phi) is 17.1. The van der Waals surface area contributed by atoms with Crippen molar-refractivity contribution in [2.75, 3.05) is 65.0 Å². The van der Waals surface area contributed by atoms with Crippen molar-refractivity contribution in [1.82, 2.24) is 29.9 Å². The molecule has 4 aromatic heterocycles. The highest BCUT2D eigenvalue weighted by molar-refractivity contribution is 7.91. The molecule has 380 valence electrons. The fraction of sp³-hybridized carbons (Fsp3) is 0.170. The number of rotatable bonds is 13. The van der Waals surface area contributed by atoms with Gasteiger partial charge in [0, 0.05) is 108 Å². The molecular formula is C53H52ClN11O7S2. The Morgan fingerprint density at radius 1 is 0.595 bits per heavy atom. The van der Waals surface area contributed by atoms with Crippen LogP contribution in [0.1, 0.15) is 39.3 Å². The average Bonchev–Trinajstić information content (AvgIpc) is 3.39. The van der Waals surface area contributed by atoms with Crippen LogP contribution < -0.4 is 26.2 Å². The van der Waals surface area contributed by atoms with E-state index in [1.54, 1.807) is 85.7 Å². The van der Waals surface area contributed by atoms with Crippen LogP contribution >= 0.6 is 11.6 Å². The molecule has 0 saturated carbocycles. The Hall–Kier alpha value is -8.17. The van der Waals surface area contributed by atoms with E-state index in [2.05, 4.69) is 51.2 Å². The maximum atomic E-state index is 13.1. The molecule has 0 bridgehead atoms. The third kappa shape index (κ3) is 13.7. The van der Waals surface area contributed by atoms with Crippen molar-refractivity contribution in [2.24, 2.45) is 0 Å². The number of nitrogens with zero attached hydrogens (tertiary/aromatic N) is 7. The summed E-state index contributed by atoms with van der Waals surface area (Å²) in [5.41, 5.74) is 8.49. The lowest BCUT2D eigenvalue weighted by atomic mass is 10.1. The molecule has 1 aliphatic heterocycles. The van der Waals surface area contributed by atoms with Gasteiger partial charge in [0.2, 0.25) is 11.9 Å². The SMILES string of the molecule is C.Cc1ccc(NC(=O)c2ccc(Cl)c(S(C)(=O)=O)c2)cc1Nc1nccc(-c2cccnc2)n1.Cc1ccc(NC(=O)c2ccc(N3CCOCC3)c(S(C)(=O)=O)c2)cc1Nc1nccc(-c2cccnc2)n1. The van der Waals surface area contributed by atoms with Gasteiger partial charge in [0.05, 0.1) is 45.1 Å². The molecule has 0 atom stereocenters.